The van der Waals surface area contributed by atoms with Crippen LogP contribution in [0.5, 0.6) is 0 Å². The van der Waals surface area contributed by atoms with Crippen LogP contribution in [0.15, 0.2) is 12.1 Å². The van der Waals surface area contributed by atoms with Gasteiger partial charge in [0.2, 0.25) is 5.91 Å². The van der Waals surface area contributed by atoms with Crippen LogP contribution < -0.4 is 10.6 Å². The van der Waals surface area contributed by atoms with Crippen LogP contribution in [0.4, 0.5) is 5.69 Å². The molecule has 1 amide bonds. The fourth-order valence-electron chi connectivity index (χ4n) is 2.72. The standard InChI is InChI=1S/C15H20N2O3/c1-9-4-5-12-8-15(16,14(19)20)6-7-17(11(3)18)13(12)10(9)2/h4-5H,6-8,16H2,1-3H3,(H,19,20). The van der Waals surface area contributed by atoms with E-state index in [0.717, 1.165) is 22.4 Å². The normalized spacial score (nSPS) is 22.1. The van der Waals surface area contributed by atoms with Crippen LogP contribution in [0.1, 0.15) is 30.0 Å². The highest BCUT2D eigenvalue weighted by atomic mass is 16.4. The molecular weight excluding hydrogens is 256 g/mol. The Bertz CT molecular complexity index is 583. The Morgan fingerprint density at radius 2 is 2.00 bits per heavy atom. The molecule has 2 rings (SSSR count). The van der Waals surface area contributed by atoms with Gasteiger partial charge < -0.3 is 15.7 Å². The van der Waals surface area contributed by atoms with Gasteiger partial charge in [-0.25, -0.2) is 0 Å². The molecule has 1 aromatic carbocycles. The van der Waals surface area contributed by atoms with Crippen LogP contribution >= 0.6 is 0 Å². The highest BCUT2D eigenvalue weighted by Gasteiger charge is 2.39. The number of nitrogens with zero attached hydrogens (tertiary/aromatic N) is 1. The molecule has 0 spiro atoms. The van der Waals surface area contributed by atoms with Crippen molar-refractivity contribution in [2.24, 2.45) is 5.73 Å². The third kappa shape index (κ3) is 2.29. The van der Waals surface area contributed by atoms with Gasteiger partial charge in [-0.15, -0.1) is 0 Å². The molecule has 1 heterocycles. The second-order valence-corrected chi connectivity index (χ2v) is 5.57. The molecule has 1 unspecified atom stereocenters. The minimum atomic E-state index is -1.32. The molecular formula is C15H20N2O3. The Morgan fingerprint density at radius 3 is 2.55 bits per heavy atom. The fourth-order valence-corrected chi connectivity index (χ4v) is 2.72. The number of carbonyl (C=O) groups is 2. The number of carboxylic acid groups (broad SMARTS) is 1. The molecule has 1 aliphatic rings. The lowest BCUT2D eigenvalue weighted by atomic mass is 9.88. The summed E-state index contributed by atoms with van der Waals surface area (Å²) in [5.41, 5.74) is 8.45. The van der Waals surface area contributed by atoms with Gasteiger partial charge in [-0.05, 0) is 37.0 Å². The van der Waals surface area contributed by atoms with Gasteiger partial charge in [-0.3, -0.25) is 9.59 Å². The van der Waals surface area contributed by atoms with E-state index < -0.39 is 11.5 Å². The Labute approximate surface area is 118 Å². The molecule has 0 radical (unpaired) electrons. The smallest absolute Gasteiger partial charge is 0.324 e. The molecule has 1 aromatic rings. The van der Waals surface area contributed by atoms with Crippen LogP contribution in [0.3, 0.4) is 0 Å². The van der Waals surface area contributed by atoms with Crippen molar-refractivity contribution in [1.29, 1.82) is 0 Å². The zero-order valence-corrected chi connectivity index (χ0v) is 12.1. The monoisotopic (exact) mass is 276 g/mol. The maximum atomic E-state index is 11.9. The molecule has 1 aliphatic heterocycles. The second kappa shape index (κ2) is 4.90. The number of hydrogen-bond donors (Lipinski definition) is 2. The predicted molar refractivity (Wildman–Crippen MR) is 76.8 cm³/mol. The summed E-state index contributed by atoms with van der Waals surface area (Å²) >= 11 is 0. The second-order valence-electron chi connectivity index (χ2n) is 5.57. The van der Waals surface area contributed by atoms with Gasteiger partial charge in [-0.1, -0.05) is 12.1 Å². The summed E-state index contributed by atoms with van der Waals surface area (Å²) in [6, 6.07) is 3.82. The minimum Gasteiger partial charge on any atom is -0.480 e. The number of rotatable bonds is 1. The number of anilines is 1. The van der Waals surface area contributed by atoms with E-state index in [1.807, 2.05) is 26.0 Å². The first kappa shape index (κ1) is 14.5. The van der Waals surface area contributed by atoms with Crippen molar-refractivity contribution in [2.75, 3.05) is 11.4 Å². The molecule has 108 valence electrons. The average molecular weight is 276 g/mol. The van der Waals surface area contributed by atoms with Gasteiger partial charge in [0, 0.05) is 19.9 Å². The molecule has 0 fully saturated rings. The van der Waals surface area contributed by atoms with Gasteiger partial charge in [0.15, 0.2) is 0 Å². The quantitative estimate of drug-likeness (QED) is 0.811. The van der Waals surface area contributed by atoms with Crippen molar-refractivity contribution in [3.8, 4) is 0 Å². The Kier molecular flexibility index (Phi) is 3.56. The molecule has 0 saturated carbocycles. The first-order chi connectivity index (χ1) is 9.26. The number of amides is 1. The number of nitrogens with two attached hydrogens (primary N) is 1. The molecule has 0 saturated heterocycles. The summed E-state index contributed by atoms with van der Waals surface area (Å²) < 4.78 is 0. The Hall–Kier alpha value is -1.88. The molecule has 0 aromatic heterocycles. The van der Waals surface area contributed by atoms with E-state index >= 15 is 0 Å². The van der Waals surface area contributed by atoms with Gasteiger partial charge in [0.05, 0.1) is 5.69 Å². The number of benzene rings is 1. The van der Waals surface area contributed by atoms with Crippen molar-refractivity contribution >= 4 is 17.6 Å². The Morgan fingerprint density at radius 1 is 1.35 bits per heavy atom. The number of aryl methyl sites for hydroxylation is 1. The zero-order chi connectivity index (χ0) is 15.1. The van der Waals surface area contributed by atoms with E-state index in [-0.39, 0.29) is 18.7 Å². The van der Waals surface area contributed by atoms with Gasteiger partial charge >= 0.3 is 5.97 Å². The third-order valence-electron chi connectivity index (χ3n) is 4.15. The Balaban J connectivity index is 2.62. The van der Waals surface area contributed by atoms with Crippen LogP contribution in [0, 0.1) is 13.8 Å². The lowest BCUT2D eigenvalue weighted by molar-refractivity contribution is -0.143. The summed E-state index contributed by atoms with van der Waals surface area (Å²) in [5.74, 6) is -1.11. The number of hydrogen-bond acceptors (Lipinski definition) is 3. The number of carboxylic acids is 1. The summed E-state index contributed by atoms with van der Waals surface area (Å²) in [5, 5.41) is 9.37. The number of fused-ring (bicyclic) bond motifs is 1. The molecule has 5 nitrogen and oxygen atoms in total. The first-order valence-electron chi connectivity index (χ1n) is 6.66. The van der Waals surface area contributed by atoms with E-state index in [9.17, 15) is 14.7 Å². The van der Waals surface area contributed by atoms with Crippen LogP contribution in [0.25, 0.3) is 0 Å². The van der Waals surface area contributed by atoms with E-state index in [1.165, 1.54) is 6.92 Å². The summed E-state index contributed by atoms with van der Waals surface area (Å²) in [7, 11) is 0. The molecule has 1 atom stereocenters. The van der Waals surface area contributed by atoms with Gasteiger partial charge in [-0.2, -0.15) is 0 Å². The van der Waals surface area contributed by atoms with Crippen molar-refractivity contribution in [3.05, 3.63) is 28.8 Å². The molecule has 5 heteroatoms. The van der Waals surface area contributed by atoms with E-state index in [2.05, 4.69) is 0 Å². The lowest BCUT2D eigenvalue weighted by Gasteiger charge is -2.24. The van der Waals surface area contributed by atoms with E-state index in [1.54, 1.807) is 4.90 Å². The van der Waals surface area contributed by atoms with Crippen molar-refractivity contribution < 1.29 is 14.7 Å². The average Bonchev–Trinajstić information content (AvgIpc) is 2.52. The highest BCUT2D eigenvalue weighted by Crippen LogP contribution is 2.34. The largest absolute Gasteiger partial charge is 0.480 e. The SMILES string of the molecule is CC(=O)N1CCC(N)(C(=O)O)Cc2ccc(C)c(C)c21. The maximum absolute atomic E-state index is 11.9. The van der Waals surface area contributed by atoms with Crippen molar-refractivity contribution in [2.45, 2.75) is 39.2 Å². The van der Waals surface area contributed by atoms with E-state index in [0.29, 0.717) is 6.54 Å². The van der Waals surface area contributed by atoms with Crippen molar-refractivity contribution in [1.82, 2.24) is 0 Å². The van der Waals surface area contributed by atoms with E-state index in [4.69, 9.17) is 5.73 Å². The summed E-state index contributed by atoms with van der Waals surface area (Å²) in [6.07, 6.45) is 0.484. The molecule has 3 N–H and O–H groups in total. The zero-order valence-electron chi connectivity index (χ0n) is 12.1. The first-order valence-corrected chi connectivity index (χ1v) is 6.66. The third-order valence-corrected chi connectivity index (χ3v) is 4.15. The minimum absolute atomic E-state index is 0.0883. The maximum Gasteiger partial charge on any atom is 0.324 e. The summed E-state index contributed by atoms with van der Waals surface area (Å²) in [4.78, 5) is 25.0. The molecule has 0 aliphatic carbocycles. The van der Waals surface area contributed by atoms with Crippen LogP contribution in [0.2, 0.25) is 0 Å². The highest BCUT2D eigenvalue weighted by molar-refractivity contribution is 5.94. The van der Waals surface area contributed by atoms with Crippen molar-refractivity contribution in [3.63, 3.8) is 0 Å². The number of aliphatic carboxylic acids is 1. The molecule has 0 bridgehead atoms. The fraction of sp³-hybridized carbons (Fsp3) is 0.467. The summed E-state index contributed by atoms with van der Waals surface area (Å²) in [6.45, 7) is 5.76. The topological polar surface area (TPSA) is 83.6 Å². The van der Waals surface area contributed by atoms with Crippen LogP contribution in [-0.4, -0.2) is 29.1 Å². The lowest BCUT2D eigenvalue weighted by Crippen LogP contribution is -2.50. The van der Waals surface area contributed by atoms with Gasteiger partial charge in [0.1, 0.15) is 5.54 Å². The predicted octanol–water partition coefficient (Wildman–Crippen LogP) is 1.38. The van der Waals surface area contributed by atoms with Crippen LogP contribution in [-0.2, 0) is 16.0 Å². The molecule has 20 heavy (non-hydrogen) atoms. The number of carbonyl (C=O) groups excluding carboxylic acids is 1. The van der Waals surface area contributed by atoms with Gasteiger partial charge in [0.25, 0.3) is 0 Å².